The smallest absolute Gasteiger partial charge is 0.265 e. The molecule has 0 atom stereocenters. The summed E-state index contributed by atoms with van der Waals surface area (Å²) in [6.45, 7) is 0.113. The summed E-state index contributed by atoms with van der Waals surface area (Å²) in [5, 5.41) is 7.27. The summed E-state index contributed by atoms with van der Waals surface area (Å²) in [5.41, 5.74) is 1.46. The number of hydrogen-bond donors (Lipinski definition) is 2. The van der Waals surface area contributed by atoms with E-state index in [2.05, 4.69) is 10.6 Å². The van der Waals surface area contributed by atoms with Crippen molar-refractivity contribution in [3.63, 3.8) is 0 Å². The molecule has 0 saturated carbocycles. The summed E-state index contributed by atoms with van der Waals surface area (Å²) in [6.07, 6.45) is 0. The van der Waals surface area contributed by atoms with Gasteiger partial charge in [-0.15, -0.1) is 11.3 Å². The van der Waals surface area contributed by atoms with Gasteiger partial charge in [0.2, 0.25) is 0 Å². The number of carbonyl (C=O) groups excluding carboxylic acids is 2. The predicted molar refractivity (Wildman–Crippen MR) is 96.3 cm³/mol. The minimum absolute atomic E-state index is 0.113. The number of carbonyl (C=O) groups is 2. The average molecular weight is 354 g/mol. The summed E-state index contributed by atoms with van der Waals surface area (Å²) in [4.78, 5) is 24.7. The van der Waals surface area contributed by atoms with Crippen LogP contribution in [0.25, 0.3) is 0 Å². The van der Waals surface area contributed by atoms with Crippen molar-refractivity contribution in [1.29, 1.82) is 0 Å². The minimum Gasteiger partial charge on any atom is -0.348 e. The van der Waals surface area contributed by atoms with Gasteiger partial charge in [-0.05, 0) is 41.8 Å². The number of anilines is 1. The molecule has 6 heteroatoms. The third-order valence-electron chi connectivity index (χ3n) is 3.55. The molecule has 2 aromatic carbocycles. The molecular weight excluding hydrogens is 339 g/mol. The molecule has 3 aromatic rings. The fraction of sp³-hybridized carbons (Fsp3) is 0.0526. The van der Waals surface area contributed by atoms with Crippen molar-refractivity contribution >= 4 is 28.8 Å². The molecule has 0 saturated heterocycles. The van der Waals surface area contributed by atoms with Crippen LogP contribution in [0.5, 0.6) is 0 Å². The third-order valence-corrected chi connectivity index (χ3v) is 4.42. The normalized spacial score (nSPS) is 10.3. The quantitative estimate of drug-likeness (QED) is 0.726. The molecule has 0 fully saturated rings. The summed E-state index contributed by atoms with van der Waals surface area (Å²) < 4.78 is 13.5. The Bertz CT molecular complexity index is 877. The van der Waals surface area contributed by atoms with Crippen LogP contribution < -0.4 is 10.6 Å². The van der Waals surface area contributed by atoms with Crippen molar-refractivity contribution in [2.45, 2.75) is 6.54 Å². The largest absolute Gasteiger partial charge is 0.348 e. The van der Waals surface area contributed by atoms with Crippen LogP contribution >= 0.6 is 11.3 Å². The van der Waals surface area contributed by atoms with Gasteiger partial charge in [-0.25, -0.2) is 4.39 Å². The molecule has 0 radical (unpaired) electrons. The van der Waals surface area contributed by atoms with Crippen LogP contribution in [-0.4, -0.2) is 11.8 Å². The highest BCUT2D eigenvalue weighted by molar-refractivity contribution is 7.12. The highest BCUT2D eigenvalue weighted by atomic mass is 32.1. The van der Waals surface area contributed by atoms with E-state index in [1.807, 2.05) is 11.4 Å². The fourth-order valence-corrected chi connectivity index (χ4v) is 2.84. The van der Waals surface area contributed by atoms with Gasteiger partial charge in [-0.2, -0.15) is 0 Å². The molecule has 0 bridgehead atoms. The molecule has 0 aliphatic carbocycles. The first kappa shape index (κ1) is 16.9. The Hall–Kier alpha value is -2.99. The number of thiophene rings is 1. The van der Waals surface area contributed by atoms with E-state index in [-0.39, 0.29) is 24.2 Å². The highest BCUT2D eigenvalue weighted by Gasteiger charge is 2.09. The molecular formula is C19H15FN2O2S. The molecule has 0 unspecified atom stereocenters. The van der Waals surface area contributed by atoms with Gasteiger partial charge >= 0.3 is 0 Å². The first-order chi connectivity index (χ1) is 12.1. The van der Waals surface area contributed by atoms with Gasteiger partial charge < -0.3 is 10.6 Å². The van der Waals surface area contributed by atoms with E-state index in [1.165, 1.54) is 17.4 Å². The zero-order chi connectivity index (χ0) is 17.6. The van der Waals surface area contributed by atoms with Crippen LogP contribution in [0, 0.1) is 5.82 Å². The summed E-state index contributed by atoms with van der Waals surface area (Å²) in [7, 11) is 0. The van der Waals surface area contributed by atoms with E-state index in [0.29, 0.717) is 21.7 Å². The standard InChI is InChI=1S/C19H15FN2O2S/c20-16-5-2-1-4-14(16)12-21-18(23)13-7-9-15(10-8-13)22-19(24)17-6-3-11-25-17/h1-11H,12H2,(H,21,23)(H,22,24). The number of hydrogen-bond acceptors (Lipinski definition) is 3. The molecule has 0 aliphatic heterocycles. The van der Waals surface area contributed by atoms with E-state index in [0.717, 1.165) is 0 Å². The lowest BCUT2D eigenvalue weighted by Crippen LogP contribution is -2.23. The van der Waals surface area contributed by atoms with E-state index in [9.17, 15) is 14.0 Å². The lowest BCUT2D eigenvalue weighted by Gasteiger charge is -2.08. The van der Waals surface area contributed by atoms with Crippen LogP contribution in [0.4, 0.5) is 10.1 Å². The second-order valence-electron chi connectivity index (χ2n) is 5.28. The Kier molecular flexibility index (Phi) is 5.20. The Morgan fingerprint density at radius 2 is 1.68 bits per heavy atom. The van der Waals surface area contributed by atoms with Crippen molar-refractivity contribution in [2.24, 2.45) is 0 Å². The molecule has 1 aromatic heterocycles. The van der Waals surface area contributed by atoms with Crippen molar-refractivity contribution < 1.29 is 14.0 Å². The van der Waals surface area contributed by atoms with E-state index >= 15 is 0 Å². The number of rotatable bonds is 5. The maximum Gasteiger partial charge on any atom is 0.265 e. The lowest BCUT2D eigenvalue weighted by atomic mass is 10.1. The van der Waals surface area contributed by atoms with Crippen molar-refractivity contribution in [3.8, 4) is 0 Å². The number of nitrogens with one attached hydrogen (secondary N) is 2. The van der Waals surface area contributed by atoms with Gasteiger partial charge in [0.05, 0.1) is 4.88 Å². The second-order valence-corrected chi connectivity index (χ2v) is 6.23. The maximum absolute atomic E-state index is 13.5. The summed E-state index contributed by atoms with van der Waals surface area (Å²) >= 11 is 1.36. The van der Waals surface area contributed by atoms with Gasteiger partial charge in [0.15, 0.2) is 0 Å². The first-order valence-corrected chi connectivity index (χ1v) is 8.48. The van der Waals surface area contributed by atoms with E-state index in [4.69, 9.17) is 0 Å². The SMILES string of the molecule is O=C(NCc1ccccc1F)c1ccc(NC(=O)c2cccs2)cc1. The van der Waals surface area contributed by atoms with Crippen LogP contribution in [0.15, 0.2) is 66.0 Å². The molecule has 4 nitrogen and oxygen atoms in total. The van der Waals surface area contributed by atoms with Crippen LogP contribution in [0.1, 0.15) is 25.6 Å². The molecule has 25 heavy (non-hydrogen) atoms. The number of amides is 2. The second kappa shape index (κ2) is 7.72. The molecule has 1 heterocycles. The Morgan fingerprint density at radius 3 is 2.36 bits per heavy atom. The first-order valence-electron chi connectivity index (χ1n) is 7.60. The molecule has 126 valence electrons. The third kappa shape index (κ3) is 4.30. The molecule has 2 amide bonds. The van der Waals surface area contributed by atoms with Gasteiger partial charge in [0, 0.05) is 23.4 Å². The number of halogens is 1. The predicted octanol–water partition coefficient (Wildman–Crippen LogP) is 4.07. The zero-order valence-corrected chi connectivity index (χ0v) is 14.0. The monoisotopic (exact) mass is 354 g/mol. The zero-order valence-electron chi connectivity index (χ0n) is 13.2. The van der Waals surface area contributed by atoms with Gasteiger partial charge in [0.25, 0.3) is 11.8 Å². The van der Waals surface area contributed by atoms with Gasteiger partial charge in [-0.1, -0.05) is 24.3 Å². The summed E-state index contributed by atoms with van der Waals surface area (Å²) in [5.74, 6) is -0.847. The minimum atomic E-state index is -0.352. The number of benzene rings is 2. The summed E-state index contributed by atoms with van der Waals surface area (Å²) in [6, 6.07) is 16.4. The van der Waals surface area contributed by atoms with Crippen LogP contribution in [0.2, 0.25) is 0 Å². The Labute approximate surface area is 148 Å². The average Bonchev–Trinajstić information content (AvgIpc) is 3.16. The van der Waals surface area contributed by atoms with Crippen molar-refractivity contribution in [1.82, 2.24) is 5.32 Å². The molecule has 0 aliphatic rings. The van der Waals surface area contributed by atoms with Gasteiger partial charge in [-0.3, -0.25) is 9.59 Å². The van der Waals surface area contributed by atoms with Crippen LogP contribution in [-0.2, 0) is 6.54 Å². The van der Waals surface area contributed by atoms with E-state index < -0.39 is 0 Å². The maximum atomic E-state index is 13.5. The van der Waals surface area contributed by atoms with E-state index in [1.54, 1.807) is 48.5 Å². The Morgan fingerprint density at radius 1 is 0.920 bits per heavy atom. The van der Waals surface area contributed by atoms with Crippen LogP contribution in [0.3, 0.4) is 0 Å². The van der Waals surface area contributed by atoms with Crippen molar-refractivity contribution in [3.05, 3.63) is 87.9 Å². The fourth-order valence-electron chi connectivity index (χ4n) is 2.22. The Balaban J connectivity index is 1.59. The highest BCUT2D eigenvalue weighted by Crippen LogP contribution is 2.14. The molecule has 0 spiro atoms. The molecule has 3 rings (SSSR count). The topological polar surface area (TPSA) is 58.2 Å². The van der Waals surface area contributed by atoms with Crippen molar-refractivity contribution in [2.75, 3.05) is 5.32 Å². The molecule has 2 N–H and O–H groups in total. The lowest BCUT2D eigenvalue weighted by molar-refractivity contribution is 0.0950. The van der Waals surface area contributed by atoms with Gasteiger partial charge in [0.1, 0.15) is 5.82 Å².